The molecule has 1 nitrogen and oxygen atoms in total. The van der Waals surface area contributed by atoms with Crippen LogP contribution in [0.5, 0.6) is 0 Å². The summed E-state index contributed by atoms with van der Waals surface area (Å²) in [4.78, 5) is 11.0. The highest BCUT2D eigenvalue weighted by molar-refractivity contribution is 14.1. The van der Waals surface area contributed by atoms with Crippen LogP contribution in [-0.2, 0) is 4.79 Å². The van der Waals surface area contributed by atoms with Crippen molar-refractivity contribution in [1.82, 2.24) is 0 Å². The number of hydrogen-bond donors (Lipinski definition) is 0. The summed E-state index contributed by atoms with van der Waals surface area (Å²) < 4.78 is 25.6. The fraction of sp³-hybridized carbons (Fsp3) is 0.300. The smallest absolute Gasteiger partial charge is 0.263 e. The molecule has 15 heavy (non-hydrogen) atoms. The maximum atomic E-state index is 12.5. The molecule has 1 aromatic rings. The Labute approximate surface area is 105 Å². The second-order valence-corrected chi connectivity index (χ2v) is 4.77. The summed E-state index contributed by atoms with van der Waals surface area (Å²) in [6, 6.07) is 4.27. The molecule has 0 radical (unpaired) electrons. The Kier molecular flexibility index (Phi) is 4.45. The molecule has 1 atom stereocenters. The number of alkyl halides is 3. The van der Waals surface area contributed by atoms with E-state index in [0.717, 1.165) is 0 Å². The Hall–Kier alpha value is -0.230. The molecule has 0 N–H and O–H groups in total. The van der Waals surface area contributed by atoms with Crippen molar-refractivity contribution in [2.24, 2.45) is 0 Å². The molecule has 1 rings (SSSR count). The zero-order chi connectivity index (χ0) is 11.6. The molecular formula is C10H8ClF2IO. The standard InChI is InChI=1S/C10H8ClF2IO/c1-5(15)9(11)6-2-7(10(12)13)4-8(14)3-6/h2-4,9-10H,1H3. The molecule has 0 spiro atoms. The van der Waals surface area contributed by atoms with Gasteiger partial charge in [-0.2, -0.15) is 0 Å². The Morgan fingerprint density at radius 2 is 1.87 bits per heavy atom. The van der Waals surface area contributed by atoms with Crippen LogP contribution in [0.3, 0.4) is 0 Å². The van der Waals surface area contributed by atoms with Gasteiger partial charge in [-0.3, -0.25) is 4.79 Å². The van der Waals surface area contributed by atoms with Crippen molar-refractivity contribution in [3.8, 4) is 0 Å². The summed E-state index contributed by atoms with van der Waals surface area (Å²) in [7, 11) is 0. The molecule has 0 aliphatic rings. The Balaban J connectivity index is 3.14. The minimum absolute atomic E-state index is 0.108. The third kappa shape index (κ3) is 3.38. The summed E-state index contributed by atoms with van der Waals surface area (Å²) in [6.07, 6.45) is -2.55. The van der Waals surface area contributed by atoms with Gasteiger partial charge >= 0.3 is 0 Å². The quantitative estimate of drug-likeness (QED) is 0.596. The highest BCUT2D eigenvalue weighted by Crippen LogP contribution is 2.28. The van der Waals surface area contributed by atoms with Gasteiger partial charge < -0.3 is 0 Å². The topological polar surface area (TPSA) is 17.1 Å². The highest BCUT2D eigenvalue weighted by Gasteiger charge is 2.16. The first-order valence-electron chi connectivity index (χ1n) is 4.15. The van der Waals surface area contributed by atoms with Gasteiger partial charge in [-0.15, -0.1) is 11.6 Å². The lowest BCUT2D eigenvalue weighted by Crippen LogP contribution is -2.03. The van der Waals surface area contributed by atoms with Crippen molar-refractivity contribution >= 4 is 40.0 Å². The molecule has 0 aliphatic carbocycles. The monoisotopic (exact) mass is 344 g/mol. The van der Waals surface area contributed by atoms with Crippen molar-refractivity contribution in [2.45, 2.75) is 18.7 Å². The Morgan fingerprint density at radius 3 is 2.33 bits per heavy atom. The molecule has 82 valence electrons. The van der Waals surface area contributed by atoms with Gasteiger partial charge in [0.25, 0.3) is 6.43 Å². The molecule has 1 unspecified atom stereocenters. The minimum Gasteiger partial charge on any atom is -0.298 e. The summed E-state index contributed by atoms with van der Waals surface area (Å²) in [5.41, 5.74) is 0.315. The first-order valence-corrected chi connectivity index (χ1v) is 5.66. The normalized spacial score (nSPS) is 12.9. The zero-order valence-corrected chi connectivity index (χ0v) is 10.7. The maximum absolute atomic E-state index is 12.5. The molecule has 0 bridgehead atoms. The molecule has 5 heteroatoms. The average Bonchev–Trinajstić information content (AvgIpc) is 2.15. The van der Waals surface area contributed by atoms with Crippen LogP contribution in [0.25, 0.3) is 0 Å². The van der Waals surface area contributed by atoms with Crippen LogP contribution in [0.15, 0.2) is 18.2 Å². The van der Waals surface area contributed by atoms with E-state index in [9.17, 15) is 13.6 Å². The van der Waals surface area contributed by atoms with E-state index in [-0.39, 0.29) is 11.3 Å². The van der Waals surface area contributed by atoms with Crippen LogP contribution in [0, 0.1) is 3.57 Å². The van der Waals surface area contributed by atoms with Crippen molar-refractivity contribution < 1.29 is 13.6 Å². The van der Waals surface area contributed by atoms with E-state index in [4.69, 9.17) is 11.6 Å². The summed E-state index contributed by atoms with van der Waals surface area (Å²) in [6.45, 7) is 1.33. The fourth-order valence-corrected chi connectivity index (χ4v) is 1.99. The van der Waals surface area contributed by atoms with E-state index < -0.39 is 11.8 Å². The first-order chi connectivity index (χ1) is 6.91. The number of ketones is 1. The fourth-order valence-electron chi connectivity index (χ4n) is 1.14. The van der Waals surface area contributed by atoms with Gasteiger partial charge in [0.1, 0.15) is 5.38 Å². The van der Waals surface area contributed by atoms with Gasteiger partial charge in [0.05, 0.1) is 0 Å². The molecule has 0 saturated heterocycles. The predicted molar refractivity (Wildman–Crippen MR) is 63.4 cm³/mol. The third-order valence-corrected chi connectivity index (χ3v) is 3.03. The number of benzene rings is 1. The second kappa shape index (κ2) is 5.21. The number of hydrogen-bond acceptors (Lipinski definition) is 1. The summed E-state index contributed by atoms with van der Waals surface area (Å²) in [5, 5.41) is -0.850. The Bertz CT molecular complexity index is 382. The van der Waals surface area contributed by atoms with E-state index in [1.54, 1.807) is 6.07 Å². The van der Waals surface area contributed by atoms with Crippen LogP contribution < -0.4 is 0 Å². The number of rotatable bonds is 3. The highest BCUT2D eigenvalue weighted by atomic mass is 127. The van der Waals surface area contributed by atoms with Crippen LogP contribution in [-0.4, -0.2) is 5.78 Å². The van der Waals surface area contributed by atoms with Gasteiger partial charge in [-0.1, -0.05) is 0 Å². The lowest BCUT2D eigenvalue weighted by Gasteiger charge is -2.09. The van der Waals surface area contributed by atoms with Gasteiger partial charge in [0.2, 0.25) is 0 Å². The molecule has 0 saturated carbocycles. The Morgan fingerprint density at radius 1 is 1.33 bits per heavy atom. The zero-order valence-electron chi connectivity index (χ0n) is 7.81. The van der Waals surface area contributed by atoms with E-state index >= 15 is 0 Å². The van der Waals surface area contributed by atoms with E-state index in [1.165, 1.54) is 19.1 Å². The first kappa shape index (κ1) is 12.8. The molecule has 0 aliphatic heterocycles. The van der Waals surface area contributed by atoms with Gasteiger partial charge in [0.15, 0.2) is 5.78 Å². The minimum atomic E-state index is -2.55. The van der Waals surface area contributed by atoms with Crippen LogP contribution in [0.4, 0.5) is 8.78 Å². The SMILES string of the molecule is CC(=O)C(Cl)c1cc(I)cc(C(F)F)c1. The van der Waals surface area contributed by atoms with Gasteiger partial charge in [-0.05, 0) is 53.3 Å². The van der Waals surface area contributed by atoms with Crippen LogP contribution in [0.1, 0.15) is 29.9 Å². The van der Waals surface area contributed by atoms with Gasteiger partial charge in [0, 0.05) is 9.13 Å². The van der Waals surface area contributed by atoms with E-state index in [1.807, 2.05) is 22.6 Å². The largest absolute Gasteiger partial charge is 0.298 e. The van der Waals surface area contributed by atoms with Gasteiger partial charge in [-0.25, -0.2) is 8.78 Å². The maximum Gasteiger partial charge on any atom is 0.263 e. The molecule has 1 aromatic carbocycles. The average molecular weight is 345 g/mol. The predicted octanol–water partition coefficient (Wildman–Crippen LogP) is 4.10. The van der Waals surface area contributed by atoms with Crippen LogP contribution in [0.2, 0.25) is 0 Å². The number of carbonyl (C=O) groups excluding carboxylic acids is 1. The van der Waals surface area contributed by atoms with E-state index in [0.29, 0.717) is 9.13 Å². The molecular weight excluding hydrogens is 336 g/mol. The number of Topliss-reactive ketones (excluding diaryl/α,β-unsaturated/α-hetero) is 1. The molecule has 0 amide bonds. The molecule has 0 aromatic heterocycles. The number of halogens is 4. The number of carbonyl (C=O) groups is 1. The summed E-state index contributed by atoms with van der Waals surface area (Å²) in [5.74, 6) is -0.251. The third-order valence-electron chi connectivity index (χ3n) is 1.84. The molecule has 0 fully saturated rings. The van der Waals surface area contributed by atoms with Crippen molar-refractivity contribution in [3.63, 3.8) is 0 Å². The van der Waals surface area contributed by atoms with Crippen molar-refractivity contribution in [2.75, 3.05) is 0 Å². The lowest BCUT2D eigenvalue weighted by atomic mass is 10.1. The second-order valence-electron chi connectivity index (χ2n) is 3.09. The summed E-state index contributed by atoms with van der Waals surface area (Å²) >= 11 is 7.71. The van der Waals surface area contributed by atoms with Crippen molar-refractivity contribution in [3.05, 3.63) is 32.9 Å². The van der Waals surface area contributed by atoms with Crippen LogP contribution >= 0.6 is 34.2 Å². The van der Waals surface area contributed by atoms with Crippen molar-refractivity contribution in [1.29, 1.82) is 0 Å². The van der Waals surface area contributed by atoms with E-state index in [2.05, 4.69) is 0 Å². The lowest BCUT2D eigenvalue weighted by molar-refractivity contribution is -0.116. The molecule has 0 heterocycles.